The molecule has 0 amide bonds. The highest BCUT2D eigenvalue weighted by molar-refractivity contribution is 5.89. The van der Waals surface area contributed by atoms with E-state index >= 15 is 0 Å². The van der Waals surface area contributed by atoms with Crippen molar-refractivity contribution in [3.63, 3.8) is 0 Å². The summed E-state index contributed by atoms with van der Waals surface area (Å²) in [6.07, 6.45) is 97.4. The molecule has 0 unspecified atom stereocenters. The number of rotatable bonds is 99. The fraction of sp³-hybridized carbons (Fsp3) is 0.792. The lowest BCUT2D eigenvalue weighted by molar-refractivity contribution is -0.150. The van der Waals surface area contributed by atoms with E-state index in [0.717, 1.165) is 89.9 Å². The van der Waals surface area contributed by atoms with Gasteiger partial charge in [0.2, 0.25) is 0 Å². The molecule has 0 rings (SSSR count). The van der Waals surface area contributed by atoms with Gasteiger partial charge >= 0.3 is 71.6 Å². The molecule has 0 fully saturated rings. The molecule has 0 heterocycles. The van der Waals surface area contributed by atoms with Gasteiger partial charge in [-0.1, -0.05) is 499 Å². The second-order valence-corrected chi connectivity index (χ2v) is 39.5. The zero-order valence-corrected chi connectivity index (χ0v) is 97.9. The zero-order valence-electron chi connectivity index (χ0n) is 97.9. The standard InChI is InChI=1S/C33H64O2.C32H62O2.C14H24O4.C13H22O4.C12H20O4.C11H18O4.C10H16O4/c1-3-5-6-7-8-9-10-11-12-13-14-15-16-17-18-19-20-21-22-23-24-25-26-27-28-29-30-31-32-35-33(34)4-2;1-3-5-6-7-8-9-10-11-12-13-14-15-16-17-18-19-20-21-22-23-24-25-26-27-28-29-30-31-34-32(33)4-2;1-4-5-6-7-8-9-13(15)17-10-11-18-14(16)12(2)3;1-4-5-6-7-8-12(14)16-9-10-17-13(15)11(2)3;1-4-5-6-7-11(13)15-8-9-16-12(14)10(2)3;1-4-5-6-10(12)14-7-8-15-11(13)9(2)3;1-4-5-9(11)13-6-7-14-10(12)8(2)3/h4H,2-3,5-32H2,1H3;4H,2-3,5-31H2,1H3;2,4-11H2,1,3H3;2,4-10H2,1,3H3;2,4-9H2,1,3H3;2,4-8H2,1,3H3;2,4-7H2,1,3H3. The number of esters is 12. The molecule has 870 valence electrons. The summed E-state index contributed by atoms with van der Waals surface area (Å²) in [5.41, 5.74) is 1.71. The minimum absolute atomic E-state index is 0.0845. The molecule has 0 aliphatic rings. The predicted molar refractivity (Wildman–Crippen MR) is 612 cm³/mol. The molecular formula is C125H226O24. The molecule has 24 heteroatoms. The Hall–Kier alpha value is -8.18. The number of unbranched alkanes of at least 4 members (excludes halogenated alkanes) is 63. The van der Waals surface area contributed by atoms with Gasteiger partial charge in [0.15, 0.2) is 0 Å². The van der Waals surface area contributed by atoms with Gasteiger partial charge in [0.05, 0.1) is 13.2 Å². The second kappa shape index (κ2) is 130. The maximum atomic E-state index is 11.3. The monoisotopic (exact) mass is 2110 g/mol. The van der Waals surface area contributed by atoms with E-state index in [1.54, 1.807) is 34.6 Å². The van der Waals surface area contributed by atoms with E-state index in [-0.39, 0.29) is 108 Å². The lowest BCUT2D eigenvalue weighted by Crippen LogP contribution is -2.14. The van der Waals surface area contributed by atoms with Crippen LogP contribution in [-0.4, -0.2) is 151 Å². The van der Waals surface area contributed by atoms with Crippen molar-refractivity contribution in [2.24, 2.45) is 0 Å². The fourth-order valence-corrected chi connectivity index (χ4v) is 14.9. The van der Waals surface area contributed by atoms with Gasteiger partial charge in [-0.2, -0.15) is 0 Å². The lowest BCUT2D eigenvalue weighted by Gasteiger charge is -2.06. The molecule has 0 saturated heterocycles. The van der Waals surface area contributed by atoms with Gasteiger partial charge < -0.3 is 56.8 Å². The van der Waals surface area contributed by atoms with E-state index in [2.05, 4.69) is 80.7 Å². The topological polar surface area (TPSA) is 316 Å². The molecule has 149 heavy (non-hydrogen) atoms. The Labute approximate surface area is 911 Å². The van der Waals surface area contributed by atoms with Gasteiger partial charge in [0.1, 0.15) is 66.1 Å². The lowest BCUT2D eigenvalue weighted by atomic mass is 10.0. The van der Waals surface area contributed by atoms with Gasteiger partial charge in [-0.15, -0.1) is 0 Å². The van der Waals surface area contributed by atoms with Crippen molar-refractivity contribution in [1.29, 1.82) is 0 Å². The highest BCUT2D eigenvalue weighted by Gasteiger charge is 2.13. The normalized spacial score (nSPS) is 10.3. The Morgan fingerprint density at radius 1 is 0.148 bits per heavy atom. The van der Waals surface area contributed by atoms with Crippen LogP contribution in [0.25, 0.3) is 0 Å². The summed E-state index contributed by atoms with van der Waals surface area (Å²) in [4.78, 5) is 132. The number of carbonyl (C=O) groups is 12. The zero-order chi connectivity index (χ0) is 112. The number of hydrogen-bond acceptors (Lipinski definition) is 24. The van der Waals surface area contributed by atoms with E-state index in [4.69, 9.17) is 56.8 Å². The first-order valence-electron chi connectivity index (χ1n) is 59.5. The first-order chi connectivity index (χ1) is 72.0. The average Bonchev–Trinajstić information content (AvgIpc) is 1.01. The van der Waals surface area contributed by atoms with Crippen molar-refractivity contribution in [1.82, 2.24) is 0 Å². The van der Waals surface area contributed by atoms with Crippen LogP contribution in [0.1, 0.15) is 565 Å². The summed E-state index contributed by atoms with van der Waals surface area (Å²) in [6, 6.07) is 0. The van der Waals surface area contributed by atoms with Crippen molar-refractivity contribution in [2.45, 2.75) is 565 Å². The molecule has 0 spiro atoms. The van der Waals surface area contributed by atoms with E-state index in [0.29, 0.717) is 73.2 Å². The van der Waals surface area contributed by atoms with Gasteiger partial charge in [-0.3, -0.25) is 24.0 Å². The SMILES string of the molecule is C=C(C)C(=O)OCCOC(=O)CCC.C=C(C)C(=O)OCCOC(=O)CCCC.C=C(C)C(=O)OCCOC(=O)CCCCC.C=C(C)C(=O)OCCOC(=O)CCCCCC.C=C(C)C(=O)OCCOC(=O)CCCCCCC.C=CC(=O)OCCCCCCCCCCCCCCCCCCCCCCCCCCCCC.C=CC(=O)OCCCCCCCCCCCCCCCCCCCCCCCCCCCCCC. The number of carbonyl (C=O) groups excluding carboxylic acids is 12. The van der Waals surface area contributed by atoms with Gasteiger partial charge in [-0.05, 0) is 79.6 Å². The highest BCUT2D eigenvalue weighted by atomic mass is 16.6. The molecule has 0 bridgehead atoms. The van der Waals surface area contributed by atoms with Crippen LogP contribution in [0.5, 0.6) is 0 Å². The second-order valence-electron chi connectivity index (χ2n) is 39.5. The van der Waals surface area contributed by atoms with Crippen LogP contribution < -0.4 is 0 Å². The smallest absolute Gasteiger partial charge is 0.333 e. The Balaban J connectivity index is -0.000000327. The van der Waals surface area contributed by atoms with Crippen molar-refractivity contribution < 1.29 is 114 Å². The first kappa shape index (κ1) is 154. The van der Waals surface area contributed by atoms with Crippen LogP contribution in [0.15, 0.2) is 86.1 Å². The fourth-order valence-electron chi connectivity index (χ4n) is 14.9. The third-order valence-corrected chi connectivity index (χ3v) is 24.1. The van der Waals surface area contributed by atoms with Crippen LogP contribution in [0.3, 0.4) is 0 Å². The van der Waals surface area contributed by atoms with E-state index in [1.165, 1.54) is 372 Å². The van der Waals surface area contributed by atoms with Crippen molar-refractivity contribution in [3.05, 3.63) is 86.1 Å². The summed E-state index contributed by atoms with van der Waals surface area (Å²) < 4.78 is 58.1. The van der Waals surface area contributed by atoms with Gasteiger partial charge in [0, 0.05) is 72.1 Å². The Kier molecular flexibility index (Phi) is 134. The first-order valence-corrected chi connectivity index (χ1v) is 59.5. The quantitative estimate of drug-likeness (QED) is 0.0236. The third kappa shape index (κ3) is 142. The molecule has 24 nitrogen and oxygen atoms in total. The van der Waals surface area contributed by atoms with E-state index < -0.39 is 29.8 Å². The third-order valence-electron chi connectivity index (χ3n) is 24.1. The summed E-state index contributed by atoms with van der Waals surface area (Å²) >= 11 is 0. The molecule has 0 aromatic rings. The molecule has 0 aromatic heterocycles. The van der Waals surface area contributed by atoms with Crippen LogP contribution in [0, 0.1) is 0 Å². The number of ether oxygens (including phenoxy) is 12. The van der Waals surface area contributed by atoms with Crippen LogP contribution in [-0.2, 0) is 114 Å². The summed E-state index contributed by atoms with van der Waals surface area (Å²) in [6.45, 7) is 48.8. The molecule has 0 aromatic carbocycles. The van der Waals surface area contributed by atoms with Gasteiger partial charge in [0.25, 0.3) is 0 Å². The average molecular weight is 2110 g/mol. The minimum Gasteiger partial charge on any atom is -0.463 e. The molecule has 0 aliphatic carbocycles. The maximum Gasteiger partial charge on any atom is 0.333 e. The van der Waals surface area contributed by atoms with Gasteiger partial charge in [-0.25, -0.2) is 33.6 Å². The number of hydrogen-bond donors (Lipinski definition) is 0. The largest absolute Gasteiger partial charge is 0.463 e. The summed E-state index contributed by atoms with van der Waals surface area (Å²) in [5, 5.41) is 0. The van der Waals surface area contributed by atoms with Crippen LogP contribution >= 0.6 is 0 Å². The summed E-state index contributed by atoms with van der Waals surface area (Å²) in [7, 11) is 0. The molecule has 0 aliphatic heterocycles. The van der Waals surface area contributed by atoms with Crippen LogP contribution in [0.2, 0.25) is 0 Å². The molecule has 0 atom stereocenters. The highest BCUT2D eigenvalue weighted by Crippen LogP contribution is 2.21. The maximum absolute atomic E-state index is 11.3. The van der Waals surface area contributed by atoms with Crippen molar-refractivity contribution in [3.8, 4) is 0 Å². The molecule has 0 saturated carbocycles. The Bertz CT molecular complexity index is 3210. The predicted octanol–water partition coefficient (Wildman–Crippen LogP) is 34.1. The molecular weight excluding hydrogens is 1890 g/mol. The Morgan fingerprint density at radius 3 is 0.436 bits per heavy atom. The Morgan fingerprint density at radius 2 is 0.275 bits per heavy atom. The molecule has 0 radical (unpaired) electrons. The van der Waals surface area contributed by atoms with Crippen molar-refractivity contribution in [2.75, 3.05) is 79.3 Å². The van der Waals surface area contributed by atoms with Crippen molar-refractivity contribution >= 4 is 71.6 Å². The van der Waals surface area contributed by atoms with E-state index in [9.17, 15) is 57.5 Å². The van der Waals surface area contributed by atoms with E-state index in [1.807, 2.05) is 13.8 Å². The minimum atomic E-state index is -0.462. The van der Waals surface area contributed by atoms with Crippen LogP contribution in [0.4, 0.5) is 0 Å². The molecule has 0 N–H and O–H groups in total. The summed E-state index contributed by atoms with van der Waals surface area (Å²) in [5.74, 6) is -4.08.